The van der Waals surface area contributed by atoms with E-state index in [4.69, 9.17) is 4.74 Å². The molecule has 150 valence electrons. The van der Waals surface area contributed by atoms with E-state index in [1.165, 1.54) is 15.7 Å². The van der Waals surface area contributed by atoms with Crippen molar-refractivity contribution in [2.24, 2.45) is 0 Å². The molecule has 0 aliphatic carbocycles. The van der Waals surface area contributed by atoms with E-state index in [0.717, 1.165) is 23.5 Å². The van der Waals surface area contributed by atoms with Crippen molar-refractivity contribution < 1.29 is 9.53 Å². The van der Waals surface area contributed by atoms with E-state index in [0.29, 0.717) is 13.0 Å². The fourth-order valence-corrected chi connectivity index (χ4v) is 5.08. The Morgan fingerprint density at radius 2 is 1.79 bits per heavy atom. The lowest BCUT2D eigenvalue weighted by atomic mass is 10.0. The summed E-state index contributed by atoms with van der Waals surface area (Å²) in [5.41, 5.74) is 2.17. The van der Waals surface area contributed by atoms with Crippen molar-refractivity contribution in [1.82, 2.24) is 4.90 Å². The lowest BCUT2D eigenvalue weighted by Gasteiger charge is -2.31. The minimum Gasteiger partial charge on any atom is -0.497 e. The average molecular weight is 407 g/mol. The maximum atomic E-state index is 13.4. The highest BCUT2D eigenvalue weighted by Crippen LogP contribution is 2.46. The number of carbonyl (C=O) groups is 1. The first-order chi connectivity index (χ1) is 14.1. The maximum Gasteiger partial charge on any atom is 0.228 e. The summed E-state index contributed by atoms with van der Waals surface area (Å²) in [6.45, 7) is 1.50. The zero-order valence-electron chi connectivity index (χ0n) is 17.1. The normalized spacial score (nSPS) is 16.8. The molecule has 1 aliphatic rings. The SMILES string of the molecule is COc1ccc(C2CC(=O)N(CCN(C)C)c3cccc4cccc(c34)S2)cc1. The second-order valence-corrected chi connectivity index (χ2v) is 8.81. The van der Waals surface area contributed by atoms with Gasteiger partial charge in [-0.15, -0.1) is 11.8 Å². The molecule has 0 saturated carbocycles. The predicted octanol–water partition coefficient (Wildman–Crippen LogP) is 4.98. The molecule has 1 aliphatic heterocycles. The minimum absolute atomic E-state index is 0.0641. The van der Waals surface area contributed by atoms with Crippen LogP contribution in [0.25, 0.3) is 10.8 Å². The molecule has 1 heterocycles. The van der Waals surface area contributed by atoms with Crippen LogP contribution in [-0.4, -0.2) is 45.1 Å². The molecular weight excluding hydrogens is 380 g/mol. The number of carbonyl (C=O) groups excluding carboxylic acids is 1. The Labute approximate surface area is 176 Å². The molecule has 1 atom stereocenters. The maximum absolute atomic E-state index is 13.4. The Balaban J connectivity index is 1.81. The summed E-state index contributed by atoms with van der Waals surface area (Å²) in [5.74, 6) is 0.998. The highest BCUT2D eigenvalue weighted by molar-refractivity contribution is 7.99. The van der Waals surface area contributed by atoms with Crippen molar-refractivity contribution in [3.05, 3.63) is 66.2 Å². The van der Waals surface area contributed by atoms with E-state index < -0.39 is 0 Å². The van der Waals surface area contributed by atoms with Crippen molar-refractivity contribution in [3.8, 4) is 5.75 Å². The molecule has 3 aromatic rings. The fourth-order valence-electron chi connectivity index (χ4n) is 3.76. The summed E-state index contributed by atoms with van der Waals surface area (Å²) >= 11 is 1.78. The molecule has 0 N–H and O–H groups in total. The first-order valence-corrected chi connectivity index (χ1v) is 10.7. The van der Waals surface area contributed by atoms with Crippen LogP contribution in [0.1, 0.15) is 17.2 Å². The van der Waals surface area contributed by atoms with Gasteiger partial charge in [-0.2, -0.15) is 0 Å². The van der Waals surface area contributed by atoms with Gasteiger partial charge in [0.05, 0.1) is 12.8 Å². The van der Waals surface area contributed by atoms with Crippen LogP contribution in [0.15, 0.2) is 65.6 Å². The van der Waals surface area contributed by atoms with Gasteiger partial charge in [0.1, 0.15) is 5.75 Å². The van der Waals surface area contributed by atoms with E-state index in [1.54, 1.807) is 18.9 Å². The Bertz CT molecular complexity index is 1010. The standard InChI is InChI=1S/C24H26N2O2S/c1-25(2)14-15-26-20-8-4-6-18-7-5-9-21(24(18)20)29-22(16-23(26)27)17-10-12-19(28-3)13-11-17/h4-13,22H,14-16H2,1-3H3. The van der Waals surface area contributed by atoms with Gasteiger partial charge >= 0.3 is 0 Å². The summed E-state index contributed by atoms with van der Waals surface area (Å²) in [7, 11) is 5.75. The van der Waals surface area contributed by atoms with E-state index in [-0.39, 0.29) is 11.2 Å². The third-order valence-electron chi connectivity index (χ3n) is 5.32. The van der Waals surface area contributed by atoms with Gasteiger partial charge in [0.25, 0.3) is 0 Å². The highest BCUT2D eigenvalue weighted by Gasteiger charge is 2.28. The van der Waals surface area contributed by atoms with Crippen molar-refractivity contribution in [3.63, 3.8) is 0 Å². The summed E-state index contributed by atoms with van der Waals surface area (Å²) < 4.78 is 5.30. The van der Waals surface area contributed by atoms with E-state index in [2.05, 4.69) is 47.4 Å². The van der Waals surface area contributed by atoms with Gasteiger partial charge in [-0.05, 0) is 49.3 Å². The van der Waals surface area contributed by atoms with Crippen LogP contribution in [-0.2, 0) is 4.79 Å². The molecule has 0 radical (unpaired) electrons. The smallest absolute Gasteiger partial charge is 0.228 e. The van der Waals surface area contributed by atoms with E-state index in [9.17, 15) is 4.79 Å². The second-order valence-electron chi connectivity index (χ2n) is 7.56. The quantitative estimate of drug-likeness (QED) is 0.598. The Kier molecular flexibility index (Phi) is 5.79. The van der Waals surface area contributed by atoms with Gasteiger partial charge in [0.15, 0.2) is 0 Å². The molecule has 0 spiro atoms. The monoisotopic (exact) mass is 406 g/mol. The second kappa shape index (κ2) is 8.47. The van der Waals surface area contributed by atoms with Crippen LogP contribution < -0.4 is 9.64 Å². The van der Waals surface area contributed by atoms with Gasteiger partial charge in [0.2, 0.25) is 5.91 Å². The fraction of sp³-hybridized carbons (Fsp3) is 0.292. The highest BCUT2D eigenvalue weighted by atomic mass is 32.2. The average Bonchev–Trinajstić information content (AvgIpc) is 2.72. The lowest BCUT2D eigenvalue weighted by Crippen LogP contribution is -2.37. The third kappa shape index (κ3) is 4.11. The van der Waals surface area contributed by atoms with Crippen LogP contribution in [0, 0.1) is 0 Å². The molecule has 0 aromatic heterocycles. The van der Waals surface area contributed by atoms with Gasteiger partial charge in [-0.25, -0.2) is 0 Å². The van der Waals surface area contributed by atoms with Crippen molar-refractivity contribution >= 4 is 34.1 Å². The molecule has 1 amide bonds. The number of rotatable bonds is 5. The number of benzene rings is 3. The topological polar surface area (TPSA) is 32.8 Å². The van der Waals surface area contributed by atoms with Gasteiger partial charge < -0.3 is 14.5 Å². The molecule has 3 aromatic carbocycles. The van der Waals surface area contributed by atoms with Crippen molar-refractivity contribution in [2.45, 2.75) is 16.6 Å². The van der Waals surface area contributed by atoms with Crippen LogP contribution in [0.2, 0.25) is 0 Å². The number of likely N-dealkylation sites (N-methyl/N-ethyl adjacent to an activating group) is 1. The van der Waals surface area contributed by atoms with Crippen LogP contribution in [0.5, 0.6) is 5.75 Å². The zero-order chi connectivity index (χ0) is 20.4. The van der Waals surface area contributed by atoms with E-state index in [1.807, 2.05) is 37.2 Å². The molecule has 0 saturated heterocycles. The molecule has 4 nitrogen and oxygen atoms in total. The summed E-state index contributed by atoms with van der Waals surface area (Å²) in [4.78, 5) is 18.7. The summed E-state index contributed by atoms with van der Waals surface area (Å²) in [6, 6.07) is 20.7. The molecule has 0 fully saturated rings. The number of nitrogens with zero attached hydrogens (tertiary/aromatic N) is 2. The first kappa shape index (κ1) is 19.8. The number of methoxy groups -OCH3 is 1. The number of hydrogen-bond donors (Lipinski definition) is 0. The molecule has 29 heavy (non-hydrogen) atoms. The summed E-state index contributed by atoms with van der Waals surface area (Å²) in [5, 5.41) is 2.41. The van der Waals surface area contributed by atoms with Crippen LogP contribution >= 0.6 is 11.8 Å². The first-order valence-electron chi connectivity index (χ1n) is 9.84. The van der Waals surface area contributed by atoms with Crippen LogP contribution in [0.3, 0.4) is 0 Å². The van der Waals surface area contributed by atoms with Crippen molar-refractivity contribution in [2.75, 3.05) is 39.2 Å². The Morgan fingerprint density at radius 3 is 2.48 bits per heavy atom. The molecule has 5 heteroatoms. The molecule has 4 rings (SSSR count). The Hall–Kier alpha value is -2.50. The van der Waals surface area contributed by atoms with Gasteiger partial charge in [0, 0.05) is 35.0 Å². The molecular formula is C24H26N2O2S. The van der Waals surface area contributed by atoms with Gasteiger partial charge in [-0.1, -0.05) is 36.4 Å². The molecule has 1 unspecified atom stereocenters. The van der Waals surface area contributed by atoms with E-state index >= 15 is 0 Å². The number of amides is 1. The summed E-state index contributed by atoms with van der Waals surface area (Å²) in [6.07, 6.45) is 0.467. The van der Waals surface area contributed by atoms with Crippen LogP contribution in [0.4, 0.5) is 5.69 Å². The largest absolute Gasteiger partial charge is 0.497 e. The molecule has 0 bridgehead atoms. The minimum atomic E-state index is 0.0641. The Morgan fingerprint density at radius 1 is 1.07 bits per heavy atom. The van der Waals surface area contributed by atoms with Crippen molar-refractivity contribution in [1.29, 1.82) is 0 Å². The number of thioether (sulfide) groups is 1. The van der Waals surface area contributed by atoms with Gasteiger partial charge in [-0.3, -0.25) is 4.79 Å². The lowest BCUT2D eigenvalue weighted by molar-refractivity contribution is -0.118. The predicted molar refractivity (Wildman–Crippen MR) is 121 cm³/mol. The number of ether oxygens (including phenoxy) is 1. The third-order valence-corrected chi connectivity index (χ3v) is 6.64. The number of hydrogen-bond acceptors (Lipinski definition) is 4. The zero-order valence-corrected chi connectivity index (χ0v) is 17.9. The number of anilines is 1.